The number of carbonyl (C=O) groups is 1. The van der Waals surface area contributed by atoms with E-state index in [0.29, 0.717) is 31.2 Å². The Labute approximate surface area is 177 Å². The Morgan fingerprint density at radius 1 is 1.23 bits per heavy atom. The largest absolute Gasteiger partial charge is 0.386 e. The molecule has 7 nitrogen and oxygen atoms in total. The fourth-order valence-corrected chi connectivity index (χ4v) is 4.62. The van der Waals surface area contributed by atoms with Gasteiger partial charge in [0.05, 0.1) is 12.2 Å². The summed E-state index contributed by atoms with van der Waals surface area (Å²) in [5.74, 6) is 0.484. The van der Waals surface area contributed by atoms with Crippen LogP contribution in [0.4, 0.5) is 0 Å². The summed E-state index contributed by atoms with van der Waals surface area (Å²) in [5, 5.41) is 14.7. The summed E-state index contributed by atoms with van der Waals surface area (Å²) >= 11 is 0. The second-order valence-corrected chi connectivity index (χ2v) is 9.25. The van der Waals surface area contributed by atoms with Crippen LogP contribution in [0.5, 0.6) is 0 Å². The van der Waals surface area contributed by atoms with E-state index in [1.807, 2.05) is 57.1 Å². The molecule has 2 aliphatic rings. The summed E-state index contributed by atoms with van der Waals surface area (Å²) in [6.07, 6.45) is 2.26. The van der Waals surface area contributed by atoms with Crippen molar-refractivity contribution < 1.29 is 19.2 Å². The normalized spacial score (nSPS) is 26.3. The van der Waals surface area contributed by atoms with Crippen molar-refractivity contribution >= 4 is 5.91 Å². The molecule has 0 bridgehead atoms. The van der Waals surface area contributed by atoms with Crippen molar-refractivity contribution in [3.8, 4) is 11.3 Å². The molecule has 3 heterocycles. The summed E-state index contributed by atoms with van der Waals surface area (Å²) in [4.78, 5) is 16.9. The highest BCUT2D eigenvalue weighted by Gasteiger charge is 2.49. The van der Waals surface area contributed by atoms with Gasteiger partial charge in [-0.3, -0.25) is 4.79 Å². The summed E-state index contributed by atoms with van der Waals surface area (Å²) in [6.45, 7) is 5.38. The quantitative estimate of drug-likeness (QED) is 0.834. The number of hydrogen-bond acceptors (Lipinski definition) is 6. The van der Waals surface area contributed by atoms with Gasteiger partial charge in [-0.1, -0.05) is 35.0 Å². The van der Waals surface area contributed by atoms with Crippen molar-refractivity contribution in [2.45, 2.75) is 50.4 Å². The first kappa shape index (κ1) is 21.0. The first-order chi connectivity index (χ1) is 14.2. The van der Waals surface area contributed by atoms with E-state index in [2.05, 4.69) is 10.1 Å². The molecule has 0 unspecified atom stereocenters. The monoisotopic (exact) mass is 413 g/mol. The maximum atomic E-state index is 13.0. The van der Waals surface area contributed by atoms with Crippen molar-refractivity contribution in [3.63, 3.8) is 0 Å². The number of aryl methyl sites for hydroxylation is 1. The predicted molar refractivity (Wildman–Crippen MR) is 113 cm³/mol. The summed E-state index contributed by atoms with van der Waals surface area (Å²) in [7, 11) is 3.99. The van der Waals surface area contributed by atoms with Crippen molar-refractivity contribution in [1.82, 2.24) is 15.0 Å². The summed E-state index contributed by atoms with van der Waals surface area (Å²) in [5.41, 5.74) is 1.25. The molecule has 1 N–H and O–H groups in total. The highest BCUT2D eigenvalue weighted by Crippen LogP contribution is 2.40. The standard InChI is InChI=1S/C23H31N3O4/c1-16-5-7-17(8-6-16)19-13-18(24-30-19)21(27)26-11-9-23(10-12-26)14-20(25(3)4)22(2,28)15-29-23/h5-8,13,20,28H,9-12,14-15H2,1-4H3/t20-,22-/m0/s1. The molecule has 2 aromatic rings. The molecular weight excluding hydrogens is 382 g/mol. The maximum Gasteiger partial charge on any atom is 0.276 e. The van der Waals surface area contributed by atoms with Crippen LogP contribution in [-0.4, -0.2) is 77.0 Å². The number of carbonyl (C=O) groups excluding carboxylic acids is 1. The number of hydrogen-bond donors (Lipinski definition) is 1. The van der Waals surface area contributed by atoms with Gasteiger partial charge in [0, 0.05) is 30.8 Å². The molecule has 2 saturated heterocycles. The average molecular weight is 414 g/mol. The minimum Gasteiger partial charge on any atom is -0.386 e. The fraction of sp³-hybridized carbons (Fsp3) is 0.565. The van der Waals surface area contributed by atoms with E-state index in [1.54, 1.807) is 6.07 Å². The van der Waals surface area contributed by atoms with Gasteiger partial charge in [0.15, 0.2) is 11.5 Å². The van der Waals surface area contributed by atoms with Gasteiger partial charge in [-0.25, -0.2) is 0 Å². The lowest BCUT2D eigenvalue weighted by Crippen LogP contribution is -2.63. The zero-order valence-electron chi connectivity index (χ0n) is 18.2. The van der Waals surface area contributed by atoms with E-state index in [0.717, 1.165) is 24.8 Å². The van der Waals surface area contributed by atoms with Crippen LogP contribution in [0, 0.1) is 6.92 Å². The van der Waals surface area contributed by atoms with Gasteiger partial charge >= 0.3 is 0 Å². The number of benzene rings is 1. The number of likely N-dealkylation sites (tertiary alicyclic amines) is 1. The van der Waals surface area contributed by atoms with Crippen LogP contribution in [0.15, 0.2) is 34.9 Å². The van der Waals surface area contributed by atoms with Crippen LogP contribution in [-0.2, 0) is 4.74 Å². The first-order valence-electron chi connectivity index (χ1n) is 10.5. The molecule has 7 heteroatoms. The van der Waals surface area contributed by atoms with E-state index in [9.17, 15) is 9.90 Å². The lowest BCUT2D eigenvalue weighted by atomic mass is 9.77. The number of ether oxygens (including phenoxy) is 1. The van der Waals surface area contributed by atoms with Gasteiger partial charge in [0.2, 0.25) is 0 Å². The number of piperidine rings is 1. The number of likely N-dealkylation sites (N-methyl/N-ethyl adjacent to an activating group) is 1. The van der Waals surface area contributed by atoms with Crippen LogP contribution >= 0.6 is 0 Å². The molecule has 1 amide bonds. The van der Waals surface area contributed by atoms with Crippen LogP contribution in [0.1, 0.15) is 42.2 Å². The van der Waals surface area contributed by atoms with E-state index in [-0.39, 0.29) is 17.6 Å². The number of rotatable bonds is 3. The fourth-order valence-electron chi connectivity index (χ4n) is 4.62. The zero-order chi connectivity index (χ0) is 21.5. The van der Waals surface area contributed by atoms with Gasteiger partial charge in [-0.15, -0.1) is 0 Å². The molecule has 0 aliphatic carbocycles. The Hall–Kier alpha value is -2.22. The smallest absolute Gasteiger partial charge is 0.276 e. The topological polar surface area (TPSA) is 79.0 Å². The lowest BCUT2D eigenvalue weighted by molar-refractivity contribution is -0.205. The Morgan fingerprint density at radius 3 is 2.53 bits per heavy atom. The Kier molecular flexibility index (Phi) is 5.46. The first-order valence-corrected chi connectivity index (χ1v) is 10.5. The van der Waals surface area contributed by atoms with Crippen molar-refractivity contribution in [3.05, 3.63) is 41.6 Å². The van der Waals surface area contributed by atoms with Crippen LogP contribution in [0.25, 0.3) is 11.3 Å². The van der Waals surface area contributed by atoms with Gasteiger partial charge in [0.1, 0.15) is 5.60 Å². The van der Waals surface area contributed by atoms with Gasteiger partial charge in [0.25, 0.3) is 5.91 Å². The minimum absolute atomic E-state index is 0.0288. The second-order valence-electron chi connectivity index (χ2n) is 9.25. The third-order valence-electron chi connectivity index (χ3n) is 6.60. The number of aromatic nitrogens is 1. The number of amides is 1. The molecule has 30 heavy (non-hydrogen) atoms. The molecule has 1 aromatic heterocycles. The molecule has 2 atom stereocenters. The highest BCUT2D eigenvalue weighted by atomic mass is 16.5. The highest BCUT2D eigenvalue weighted by molar-refractivity contribution is 5.93. The Morgan fingerprint density at radius 2 is 1.90 bits per heavy atom. The lowest BCUT2D eigenvalue weighted by Gasteiger charge is -2.52. The number of aliphatic hydroxyl groups is 1. The molecular formula is C23H31N3O4. The average Bonchev–Trinajstić information content (AvgIpc) is 3.21. The third kappa shape index (κ3) is 4.02. The summed E-state index contributed by atoms with van der Waals surface area (Å²) in [6, 6.07) is 9.68. The molecule has 4 rings (SSSR count). The predicted octanol–water partition coefficient (Wildman–Crippen LogP) is 2.73. The van der Waals surface area contributed by atoms with Crippen LogP contribution in [0.2, 0.25) is 0 Å². The Balaban J connectivity index is 1.41. The summed E-state index contributed by atoms with van der Waals surface area (Å²) < 4.78 is 11.6. The molecule has 2 fully saturated rings. The molecule has 162 valence electrons. The van der Waals surface area contributed by atoms with E-state index in [4.69, 9.17) is 9.26 Å². The zero-order valence-corrected chi connectivity index (χ0v) is 18.2. The van der Waals surface area contributed by atoms with E-state index >= 15 is 0 Å². The van der Waals surface area contributed by atoms with Crippen molar-refractivity contribution in [2.75, 3.05) is 33.8 Å². The van der Waals surface area contributed by atoms with Gasteiger partial charge in [-0.2, -0.15) is 0 Å². The SMILES string of the molecule is Cc1ccc(-c2cc(C(=O)N3CCC4(CC3)C[C@H](N(C)C)[C@@](C)(O)CO4)no2)cc1. The van der Waals surface area contributed by atoms with E-state index < -0.39 is 5.60 Å². The second kappa shape index (κ2) is 7.80. The maximum absolute atomic E-state index is 13.0. The van der Waals surface area contributed by atoms with Crippen molar-refractivity contribution in [2.24, 2.45) is 0 Å². The van der Waals surface area contributed by atoms with Crippen LogP contribution in [0.3, 0.4) is 0 Å². The van der Waals surface area contributed by atoms with Gasteiger partial charge < -0.3 is 24.2 Å². The van der Waals surface area contributed by atoms with Gasteiger partial charge in [-0.05, 0) is 47.2 Å². The molecule has 1 spiro atoms. The van der Waals surface area contributed by atoms with E-state index in [1.165, 1.54) is 5.56 Å². The third-order valence-corrected chi connectivity index (χ3v) is 6.60. The molecule has 2 aliphatic heterocycles. The van der Waals surface area contributed by atoms with Crippen LogP contribution < -0.4 is 0 Å². The van der Waals surface area contributed by atoms with Crippen molar-refractivity contribution in [1.29, 1.82) is 0 Å². The Bertz CT molecular complexity index is 895. The molecule has 0 radical (unpaired) electrons. The molecule has 0 saturated carbocycles. The number of nitrogens with zero attached hydrogens (tertiary/aromatic N) is 3. The molecule has 1 aromatic carbocycles. The minimum atomic E-state index is -0.866.